The van der Waals surface area contributed by atoms with E-state index >= 15 is 0 Å². The monoisotopic (exact) mass is 516 g/mol. The Kier molecular flexibility index (Phi) is 5.62. The summed E-state index contributed by atoms with van der Waals surface area (Å²) in [6, 6.07) is 12.3. The van der Waals surface area contributed by atoms with Crippen LogP contribution in [0.5, 0.6) is 23.0 Å². The Morgan fingerprint density at radius 2 is 1.63 bits per heavy atom. The lowest BCUT2D eigenvalue weighted by molar-refractivity contribution is -0.142. The fourth-order valence-electron chi connectivity index (χ4n) is 5.60. The van der Waals surface area contributed by atoms with Crippen LogP contribution in [-0.2, 0) is 14.4 Å². The number of nitrogens with zero attached hydrogens (tertiary/aromatic N) is 2. The number of nitrogens with one attached hydrogen (secondary N) is 1. The van der Waals surface area contributed by atoms with Crippen molar-refractivity contribution in [1.29, 1.82) is 0 Å². The van der Waals surface area contributed by atoms with Crippen LogP contribution in [0.1, 0.15) is 12.8 Å². The molecule has 2 saturated carbocycles. The zero-order valence-corrected chi connectivity index (χ0v) is 21.1. The zero-order valence-electron chi connectivity index (χ0n) is 21.1. The third-order valence-electron chi connectivity index (χ3n) is 7.95. The first-order valence-corrected chi connectivity index (χ1v) is 12.5. The molecule has 1 saturated heterocycles. The number of hydrogen-bond acceptors (Lipinski definition) is 7. The molecule has 38 heavy (non-hydrogen) atoms. The molecule has 3 amide bonds. The molecule has 2 atom stereocenters. The van der Waals surface area contributed by atoms with Crippen molar-refractivity contribution in [3.8, 4) is 23.0 Å². The van der Waals surface area contributed by atoms with Gasteiger partial charge in [-0.15, -0.1) is 0 Å². The van der Waals surface area contributed by atoms with Crippen LogP contribution in [-0.4, -0.2) is 54.9 Å². The van der Waals surface area contributed by atoms with Crippen molar-refractivity contribution < 1.29 is 28.6 Å². The number of pyridine rings is 1. The number of hydrogen-bond donors (Lipinski definition) is 2. The highest BCUT2D eigenvalue weighted by Gasteiger charge is 2.64. The molecule has 10 heteroatoms. The number of methoxy groups -OCH3 is 2. The van der Waals surface area contributed by atoms with E-state index in [0.29, 0.717) is 60.1 Å². The standard InChI is InChI=1S/C28H28N4O6/c1-36-22-11-17-20(12-23(22)37-2)30-10-7-21(17)38-16-5-3-15(4-6-16)31-26(34)28(8-9-28)27(35)32-13-18-19(14-32)24(18)25(29)33/h3-7,10-12,18-19,24H,8-9,13-14H2,1-2H3,(H2,29,33)(H,31,34). The number of anilines is 1. The molecule has 6 rings (SSSR count). The molecule has 2 unspecified atom stereocenters. The molecule has 10 nitrogen and oxygen atoms in total. The highest BCUT2D eigenvalue weighted by atomic mass is 16.5. The number of benzene rings is 2. The van der Waals surface area contributed by atoms with E-state index in [1.54, 1.807) is 61.7 Å². The van der Waals surface area contributed by atoms with Gasteiger partial charge in [-0.2, -0.15) is 0 Å². The van der Waals surface area contributed by atoms with Gasteiger partial charge in [-0.25, -0.2) is 0 Å². The summed E-state index contributed by atoms with van der Waals surface area (Å²) in [5.74, 6) is 1.72. The maximum absolute atomic E-state index is 13.2. The van der Waals surface area contributed by atoms with Gasteiger partial charge in [0, 0.05) is 42.3 Å². The molecule has 3 fully saturated rings. The molecular weight excluding hydrogens is 488 g/mol. The van der Waals surface area contributed by atoms with E-state index in [-0.39, 0.29) is 35.5 Å². The van der Waals surface area contributed by atoms with Crippen molar-refractivity contribution >= 4 is 34.3 Å². The molecule has 1 aromatic heterocycles. The van der Waals surface area contributed by atoms with E-state index < -0.39 is 5.41 Å². The highest BCUT2D eigenvalue weighted by Crippen LogP contribution is 2.55. The third-order valence-corrected chi connectivity index (χ3v) is 7.95. The number of nitrogens with two attached hydrogens (primary N) is 1. The van der Waals surface area contributed by atoms with Gasteiger partial charge in [-0.05, 0) is 61.1 Å². The summed E-state index contributed by atoms with van der Waals surface area (Å²) >= 11 is 0. The third kappa shape index (κ3) is 3.96. The predicted molar refractivity (Wildman–Crippen MR) is 138 cm³/mol. The average Bonchev–Trinajstić information content (AvgIpc) is 3.83. The molecule has 196 valence electrons. The number of ether oxygens (including phenoxy) is 3. The maximum atomic E-state index is 13.2. The molecule has 0 spiro atoms. The van der Waals surface area contributed by atoms with Gasteiger partial charge in [0.2, 0.25) is 17.7 Å². The van der Waals surface area contributed by atoms with Gasteiger partial charge < -0.3 is 30.2 Å². The first-order valence-electron chi connectivity index (χ1n) is 12.5. The molecule has 0 radical (unpaired) electrons. The van der Waals surface area contributed by atoms with Crippen LogP contribution < -0.4 is 25.3 Å². The van der Waals surface area contributed by atoms with Crippen molar-refractivity contribution in [2.24, 2.45) is 28.9 Å². The minimum absolute atomic E-state index is 0.126. The van der Waals surface area contributed by atoms with Crippen LogP contribution >= 0.6 is 0 Å². The summed E-state index contributed by atoms with van der Waals surface area (Å²) in [6.45, 7) is 1.00. The number of rotatable bonds is 8. The molecule has 2 aromatic carbocycles. The Bertz CT molecular complexity index is 1440. The SMILES string of the molecule is COc1cc2nccc(Oc3ccc(NC(=O)C4(C(=O)N5CC6C(C5)C6C(N)=O)CC4)cc3)c2cc1OC. The van der Waals surface area contributed by atoms with Crippen LogP contribution in [0.25, 0.3) is 10.9 Å². The molecule has 3 N–H and O–H groups in total. The van der Waals surface area contributed by atoms with Gasteiger partial charge in [0.05, 0.1) is 19.7 Å². The minimum Gasteiger partial charge on any atom is -0.493 e. The smallest absolute Gasteiger partial charge is 0.240 e. The van der Waals surface area contributed by atoms with E-state index in [4.69, 9.17) is 19.9 Å². The highest BCUT2D eigenvalue weighted by molar-refractivity contribution is 6.13. The van der Waals surface area contributed by atoms with E-state index in [1.165, 1.54) is 0 Å². The maximum Gasteiger partial charge on any atom is 0.240 e. The number of fused-ring (bicyclic) bond motifs is 2. The fourth-order valence-corrected chi connectivity index (χ4v) is 5.60. The van der Waals surface area contributed by atoms with Crippen molar-refractivity contribution in [3.05, 3.63) is 48.7 Å². The Balaban J connectivity index is 1.12. The quantitative estimate of drug-likeness (QED) is 0.440. The van der Waals surface area contributed by atoms with Crippen LogP contribution in [0.3, 0.4) is 0 Å². The summed E-state index contributed by atoms with van der Waals surface area (Å²) in [7, 11) is 3.14. The molecule has 1 aliphatic heterocycles. The molecule has 3 aromatic rings. The van der Waals surface area contributed by atoms with Crippen molar-refractivity contribution in [2.75, 3.05) is 32.6 Å². The fraction of sp³-hybridized carbons (Fsp3) is 0.357. The number of piperidine rings is 1. The number of primary amides is 1. The molecule has 0 bridgehead atoms. The van der Waals surface area contributed by atoms with Gasteiger partial charge in [0.1, 0.15) is 16.9 Å². The second-order valence-corrected chi connectivity index (χ2v) is 10.2. The summed E-state index contributed by atoms with van der Waals surface area (Å²) in [5, 5.41) is 3.65. The first-order chi connectivity index (χ1) is 18.3. The minimum atomic E-state index is -1.02. The van der Waals surface area contributed by atoms with Crippen LogP contribution in [0.15, 0.2) is 48.7 Å². The average molecular weight is 517 g/mol. The van der Waals surface area contributed by atoms with E-state index in [9.17, 15) is 14.4 Å². The second-order valence-electron chi connectivity index (χ2n) is 10.2. The first kappa shape index (κ1) is 24.0. The number of likely N-dealkylation sites (tertiary alicyclic amines) is 1. The van der Waals surface area contributed by atoms with E-state index in [0.717, 1.165) is 5.39 Å². The summed E-state index contributed by atoms with van der Waals surface area (Å²) < 4.78 is 16.9. The van der Waals surface area contributed by atoms with Gasteiger partial charge >= 0.3 is 0 Å². The predicted octanol–water partition coefficient (Wildman–Crippen LogP) is 2.95. The lowest BCUT2D eigenvalue weighted by Gasteiger charge is -2.24. The van der Waals surface area contributed by atoms with Crippen molar-refractivity contribution in [3.63, 3.8) is 0 Å². The van der Waals surface area contributed by atoms with Gasteiger partial charge in [-0.3, -0.25) is 19.4 Å². The zero-order chi connectivity index (χ0) is 26.6. The number of carbonyl (C=O) groups excluding carboxylic acids is 3. The molecule has 2 aliphatic carbocycles. The van der Waals surface area contributed by atoms with E-state index in [1.807, 2.05) is 6.07 Å². The lowest BCUT2D eigenvalue weighted by Crippen LogP contribution is -2.43. The topological polar surface area (TPSA) is 133 Å². The van der Waals surface area contributed by atoms with Gasteiger partial charge in [0.15, 0.2) is 11.5 Å². The molecular formula is C28H28N4O6. The Morgan fingerprint density at radius 1 is 0.974 bits per heavy atom. The van der Waals surface area contributed by atoms with Gasteiger partial charge in [0.25, 0.3) is 0 Å². The van der Waals surface area contributed by atoms with Crippen molar-refractivity contribution in [2.45, 2.75) is 12.8 Å². The Labute approximate surface area is 219 Å². The van der Waals surface area contributed by atoms with Crippen molar-refractivity contribution in [1.82, 2.24) is 9.88 Å². The largest absolute Gasteiger partial charge is 0.493 e. The lowest BCUT2D eigenvalue weighted by atomic mass is 10.0. The van der Waals surface area contributed by atoms with E-state index in [2.05, 4.69) is 10.3 Å². The number of amides is 3. The summed E-state index contributed by atoms with van der Waals surface area (Å²) in [4.78, 5) is 43.8. The summed E-state index contributed by atoms with van der Waals surface area (Å²) in [5.41, 5.74) is 5.66. The summed E-state index contributed by atoms with van der Waals surface area (Å²) in [6.07, 6.45) is 2.70. The normalized spacial score (nSPS) is 22.4. The molecule has 2 heterocycles. The van der Waals surface area contributed by atoms with Crippen LogP contribution in [0.4, 0.5) is 5.69 Å². The number of aromatic nitrogens is 1. The van der Waals surface area contributed by atoms with Gasteiger partial charge in [-0.1, -0.05) is 0 Å². The molecule has 3 aliphatic rings. The van der Waals surface area contributed by atoms with Crippen LogP contribution in [0.2, 0.25) is 0 Å². The Hall–Kier alpha value is -4.34. The number of carbonyl (C=O) groups is 3. The second kappa shape index (κ2) is 8.90. The van der Waals surface area contributed by atoms with Crippen LogP contribution in [0, 0.1) is 23.2 Å². The Morgan fingerprint density at radius 3 is 2.24 bits per heavy atom.